The normalized spacial score (nSPS) is 11.1. The van der Waals surface area contributed by atoms with Crippen LogP contribution in [0.2, 0.25) is 0 Å². The molecule has 0 atom stereocenters. The Bertz CT molecular complexity index is 1120. The third-order valence-electron chi connectivity index (χ3n) is 3.94. The van der Waals surface area contributed by atoms with Gasteiger partial charge < -0.3 is 10.2 Å². The minimum atomic E-state index is -0.409. The first-order valence-electron chi connectivity index (χ1n) is 7.67. The third kappa shape index (κ3) is 2.62. The molecule has 26 heavy (non-hydrogen) atoms. The lowest BCUT2D eigenvalue weighted by Gasteiger charge is -2.05. The highest BCUT2D eigenvalue weighted by Gasteiger charge is 2.18. The Morgan fingerprint density at radius 2 is 2.15 bits per heavy atom. The molecule has 4 aromatic rings. The van der Waals surface area contributed by atoms with Crippen LogP contribution >= 0.6 is 0 Å². The zero-order valence-electron chi connectivity index (χ0n) is 13.7. The second-order valence-electron chi connectivity index (χ2n) is 5.70. The molecule has 10 nitrogen and oxygen atoms in total. The van der Waals surface area contributed by atoms with E-state index in [1.54, 1.807) is 31.2 Å². The van der Waals surface area contributed by atoms with Crippen LogP contribution < -0.4 is 5.73 Å². The molecule has 2 N–H and O–H groups in total. The Kier molecular flexibility index (Phi) is 3.57. The molecule has 1 aromatic carbocycles. The summed E-state index contributed by atoms with van der Waals surface area (Å²) in [6, 6.07) is 8.48. The number of nitrogens with zero attached hydrogens (tertiary/aromatic N) is 6. The average Bonchev–Trinajstić information content (AvgIpc) is 3.26. The zero-order chi connectivity index (χ0) is 18.3. The van der Waals surface area contributed by atoms with Gasteiger partial charge in [0, 0.05) is 11.6 Å². The number of aromatic nitrogens is 5. The van der Waals surface area contributed by atoms with E-state index in [9.17, 15) is 10.1 Å². The zero-order valence-corrected chi connectivity index (χ0v) is 13.7. The van der Waals surface area contributed by atoms with E-state index in [0.717, 1.165) is 0 Å². The third-order valence-corrected chi connectivity index (χ3v) is 3.94. The van der Waals surface area contributed by atoms with Crippen molar-refractivity contribution < 1.29 is 9.34 Å². The predicted octanol–water partition coefficient (Wildman–Crippen LogP) is 2.33. The van der Waals surface area contributed by atoms with Crippen LogP contribution in [0.15, 0.2) is 41.0 Å². The van der Waals surface area contributed by atoms with Crippen molar-refractivity contribution in [2.45, 2.75) is 13.5 Å². The molecule has 0 amide bonds. The number of fused-ring (bicyclic) bond motifs is 1. The molecule has 0 aliphatic rings. The number of aryl methyl sites for hydroxylation is 1. The van der Waals surface area contributed by atoms with Crippen molar-refractivity contribution in [2.24, 2.45) is 0 Å². The van der Waals surface area contributed by atoms with Crippen LogP contribution in [0.3, 0.4) is 0 Å². The number of nitro benzene ring substituents is 1. The second kappa shape index (κ2) is 5.92. The molecule has 0 aliphatic carbocycles. The molecule has 3 aromatic heterocycles. The summed E-state index contributed by atoms with van der Waals surface area (Å²) in [5.41, 5.74) is 8.47. The fourth-order valence-electron chi connectivity index (χ4n) is 2.69. The fourth-order valence-corrected chi connectivity index (χ4v) is 2.69. The number of nitrogens with two attached hydrogens (primary N) is 1. The molecule has 0 saturated heterocycles. The minimum absolute atomic E-state index is 0.0531. The average molecular weight is 351 g/mol. The van der Waals surface area contributed by atoms with Crippen molar-refractivity contribution >= 4 is 22.8 Å². The van der Waals surface area contributed by atoms with E-state index in [0.29, 0.717) is 33.7 Å². The maximum Gasteiger partial charge on any atom is 0.272 e. The molecular weight excluding hydrogens is 338 g/mol. The first-order valence-corrected chi connectivity index (χ1v) is 7.67. The van der Waals surface area contributed by atoms with Gasteiger partial charge in [0.15, 0.2) is 16.9 Å². The fraction of sp³-hybridized carbons (Fsp3) is 0.125. The lowest BCUT2D eigenvalue weighted by Crippen LogP contribution is -2.06. The summed E-state index contributed by atoms with van der Waals surface area (Å²) >= 11 is 0. The van der Waals surface area contributed by atoms with Crippen LogP contribution in [-0.4, -0.2) is 29.9 Å². The summed E-state index contributed by atoms with van der Waals surface area (Å²) in [4.78, 5) is 19.1. The van der Waals surface area contributed by atoms with Crippen LogP contribution in [0, 0.1) is 17.0 Å². The van der Waals surface area contributed by atoms with Gasteiger partial charge >= 0.3 is 0 Å². The van der Waals surface area contributed by atoms with Crippen LogP contribution in [0.4, 0.5) is 11.6 Å². The molecule has 0 saturated carbocycles. The van der Waals surface area contributed by atoms with E-state index in [-0.39, 0.29) is 18.2 Å². The SMILES string of the molecule is Cc1ccc(Cn2nnc3c(-c4ccco4)nc(N)nc32)cc1[N+](=O)[O-]. The van der Waals surface area contributed by atoms with E-state index in [2.05, 4.69) is 20.3 Å². The van der Waals surface area contributed by atoms with Gasteiger partial charge in [0.1, 0.15) is 5.69 Å². The highest BCUT2D eigenvalue weighted by molar-refractivity contribution is 5.85. The smallest absolute Gasteiger partial charge is 0.272 e. The molecule has 0 radical (unpaired) electrons. The van der Waals surface area contributed by atoms with Gasteiger partial charge in [-0.2, -0.15) is 4.98 Å². The van der Waals surface area contributed by atoms with Gasteiger partial charge in [0.2, 0.25) is 5.95 Å². The second-order valence-corrected chi connectivity index (χ2v) is 5.70. The molecule has 0 unspecified atom stereocenters. The summed E-state index contributed by atoms with van der Waals surface area (Å²) in [7, 11) is 0. The highest BCUT2D eigenvalue weighted by atomic mass is 16.6. The van der Waals surface area contributed by atoms with Crippen molar-refractivity contribution in [3.05, 3.63) is 57.8 Å². The lowest BCUT2D eigenvalue weighted by molar-refractivity contribution is -0.385. The largest absolute Gasteiger partial charge is 0.463 e. The summed E-state index contributed by atoms with van der Waals surface area (Å²) in [5.74, 6) is 0.560. The Morgan fingerprint density at radius 3 is 2.88 bits per heavy atom. The van der Waals surface area contributed by atoms with Crippen LogP contribution in [0.25, 0.3) is 22.6 Å². The van der Waals surface area contributed by atoms with Crippen molar-refractivity contribution in [2.75, 3.05) is 5.73 Å². The van der Waals surface area contributed by atoms with E-state index in [1.807, 2.05) is 0 Å². The molecule has 0 spiro atoms. The molecule has 0 fully saturated rings. The highest BCUT2D eigenvalue weighted by Crippen LogP contribution is 2.26. The number of benzene rings is 1. The van der Waals surface area contributed by atoms with E-state index in [1.165, 1.54) is 17.0 Å². The van der Waals surface area contributed by atoms with Crippen LogP contribution in [0.1, 0.15) is 11.1 Å². The topological polar surface area (TPSA) is 139 Å². The van der Waals surface area contributed by atoms with Crippen LogP contribution in [-0.2, 0) is 6.54 Å². The molecule has 3 heterocycles. The van der Waals surface area contributed by atoms with Gasteiger partial charge in [-0.3, -0.25) is 10.1 Å². The standard InChI is InChI=1S/C16H13N7O3/c1-9-4-5-10(7-11(9)23(24)25)8-22-15-14(20-21-22)13(18-16(17)19-15)12-3-2-6-26-12/h2-7H,8H2,1H3,(H2,17,18,19). The molecule has 0 aliphatic heterocycles. The summed E-state index contributed by atoms with van der Waals surface area (Å²) in [6.45, 7) is 1.95. The predicted molar refractivity (Wildman–Crippen MR) is 92.2 cm³/mol. The summed E-state index contributed by atoms with van der Waals surface area (Å²) in [6.07, 6.45) is 1.52. The maximum atomic E-state index is 11.1. The van der Waals surface area contributed by atoms with Gasteiger partial charge in [0.05, 0.1) is 17.7 Å². The first-order chi connectivity index (χ1) is 12.5. The van der Waals surface area contributed by atoms with Crippen molar-refractivity contribution in [3.63, 3.8) is 0 Å². The number of furan rings is 1. The van der Waals surface area contributed by atoms with Gasteiger partial charge in [-0.15, -0.1) is 5.10 Å². The maximum absolute atomic E-state index is 11.1. The summed E-state index contributed by atoms with van der Waals surface area (Å²) in [5, 5.41) is 19.4. The van der Waals surface area contributed by atoms with Crippen molar-refractivity contribution in [1.29, 1.82) is 0 Å². The van der Waals surface area contributed by atoms with Gasteiger partial charge in [-0.1, -0.05) is 17.3 Å². The van der Waals surface area contributed by atoms with Crippen molar-refractivity contribution in [3.8, 4) is 11.5 Å². The van der Waals surface area contributed by atoms with E-state index in [4.69, 9.17) is 10.2 Å². The lowest BCUT2D eigenvalue weighted by atomic mass is 10.1. The Balaban J connectivity index is 1.79. The van der Waals surface area contributed by atoms with Gasteiger partial charge in [0.25, 0.3) is 5.69 Å². The quantitative estimate of drug-likeness (QED) is 0.436. The van der Waals surface area contributed by atoms with Crippen LogP contribution in [0.5, 0.6) is 0 Å². The van der Waals surface area contributed by atoms with Gasteiger partial charge in [-0.25, -0.2) is 9.67 Å². The number of hydrogen-bond donors (Lipinski definition) is 1. The minimum Gasteiger partial charge on any atom is -0.463 e. The van der Waals surface area contributed by atoms with E-state index < -0.39 is 4.92 Å². The Labute approximate surface area is 146 Å². The molecule has 4 rings (SSSR count). The Morgan fingerprint density at radius 1 is 1.31 bits per heavy atom. The van der Waals surface area contributed by atoms with Gasteiger partial charge in [-0.05, 0) is 24.6 Å². The first kappa shape index (κ1) is 15.7. The monoisotopic (exact) mass is 351 g/mol. The number of nitrogen functional groups attached to an aromatic ring is 1. The number of anilines is 1. The number of rotatable bonds is 4. The number of hydrogen-bond acceptors (Lipinski definition) is 8. The molecule has 0 bridgehead atoms. The molecule has 10 heteroatoms. The summed E-state index contributed by atoms with van der Waals surface area (Å²) < 4.78 is 6.89. The molecular formula is C16H13N7O3. The molecule has 130 valence electrons. The van der Waals surface area contributed by atoms with Crippen molar-refractivity contribution in [1.82, 2.24) is 25.0 Å². The number of nitro groups is 1. The Hall–Kier alpha value is -3.82. The van der Waals surface area contributed by atoms with E-state index >= 15 is 0 Å².